The third-order valence-corrected chi connectivity index (χ3v) is 4.73. The molecule has 25 heavy (non-hydrogen) atoms. The highest BCUT2D eigenvalue weighted by Crippen LogP contribution is 2.32. The van der Waals surface area contributed by atoms with Gasteiger partial charge in [-0.05, 0) is 35.9 Å². The lowest BCUT2D eigenvalue weighted by atomic mass is 10.0. The van der Waals surface area contributed by atoms with Crippen LogP contribution in [-0.4, -0.2) is 22.0 Å². The number of halogens is 1. The molecule has 3 aromatic rings. The smallest absolute Gasteiger partial charge is 0.322 e. The van der Waals surface area contributed by atoms with Crippen LogP contribution in [0.4, 0.5) is 10.5 Å². The van der Waals surface area contributed by atoms with Crippen molar-refractivity contribution in [3.63, 3.8) is 0 Å². The van der Waals surface area contributed by atoms with Gasteiger partial charge in [0, 0.05) is 35.7 Å². The molecule has 1 N–H and O–H groups in total. The number of carbonyl (C=O) groups excluding carboxylic acids is 1. The molecule has 0 unspecified atom stereocenters. The molecule has 0 saturated heterocycles. The Balaban J connectivity index is 1.66. The van der Waals surface area contributed by atoms with Crippen LogP contribution in [0.2, 0.25) is 5.02 Å². The molecule has 4 nitrogen and oxygen atoms in total. The lowest BCUT2D eigenvalue weighted by molar-refractivity contribution is 0.182. The normalized spacial score (nSPS) is 16.4. The monoisotopic (exact) mass is 351 g/mol. The topological polar surface area (TPSA) is 37.3 Å². The molecule has 0 saturated carbocycles. The Hall–Kier alpha value is -2.72. The van der Waals surface area contributed by atoms with Gasteiger partial charge in [0.15, 0.2) is 0 Å². The van der Waals surface area contributed by atoms with E-state index >= 15 is 0 Å². The number of urea groups is 1. The molecule has 5 heteroatoms. The lowest BCUT2D eigenvalue weighted by Gasteiger charge is -2.37. The second-order valence-electron chi connectivity index (χ2n) is 6.07. The van der Waals surface area contributed by atoms with Gasteiger partial charge >= 0.3 is 6.03 Å². The number of hydrogen-bond donors (Lipinski definition) is 1. The summed E-state index contributed by atoms with van der Waals surface area (Å²) in [6.45, 7) is 1.43. The predicted octanol–water partition coefficient (Wildman–Crippen LogP) is 4.78. The predicted molar refractivity (Wildman–Crippen MR) is 99.9 cm³/mol. The van der Waals surface area contributed by atoms with Crippen molar-refractivity contribution >= 4 is 23.3 Å². The molecule has 0 bridgehead atoms. The minimum Gasteiger partial charge on any atom is -0.348 e. The Bertz CT molecular complexity index is 891. The third-order valence-electron chi connectivity index (χ3n) is 4.49. The number of carbonyl (C=O) groups is 1. The van der Waals surface area contributed by atoms with E-state index in [1.807, 2.05) is 41.3 Å². The van der Waals surface area contributed by atoms with E-state index in [0.717, 1.165) is 17.8 Å². The molecule has 2 heterocycles. The van der Waals surface area contributed by atoms with E-state index in [1.165, 1.54) is 0 Å². The van der Waals surface area contributed by atoms with Gasteiger partial charge in [-0.2, -0.15) is 0 Å². The Labute approximate surface area is 151 Å². The molecule has 1 atom stereocenters. The van der Waals surface area contributed by atoms with Crippen LogP contribution in [0.15, 0.2) is 72.9 Å². The van der Waals surface area contributed by atoms with Crippen LogP contribution in [0, 0.1) is 0 Å². The molecular formula is C20H18ClN3O. The molecule has 0 aliphatic carbocycles. The maximum atomic E-state index is 13.0. The van der Waals surface area contributed by atoms with Crippen LogP contribution in [0.1, 0.15) is 17.3 Å². The fourth-order valence-electron chi connectivity index (χ4n) is 3.35. The maximum Gasteiger partial charge on any atom is 0.322 e. The number of aromatic nitrogens is 1. The first-order chi connectivity index (χ1) is 12.2. The van der Waals surface area contributed by atoms with E-state index in [0.29, 0.717) is 17.3 Å². The number of benzene rings is 2. The fourth-order valence-corrected chi connectivity index (χ4v) is 3.54. The van der Waals surface area contributed by atoms with Crippen molar-refractivity contribution in [1.82, 2.24) is 9.47 Å². The first-order valence-electron chi connectivity index (χ1n) is 8.25. The highest BCUT2D eigenvalue weighted by atomic mass is 35.5. The molecule has 0 fully saturated rings. The highest BCUT2D eigenvalue weighted by molar-refractivity contribution is 6.30. The van der Waals surface area contributed by atoms with Crippen molar-refractivity contribution in [3.05, 3.63) is 89.2 Å². The van der Waals surface area contributed by atoms with Gasteiger partial charge in [-0.3, -0.25) is 0 Å². The van der Waals surface area contributed by atoms with Gasteiger partial charge in [-0.25, -0.2) is 4.79 Å². The van der Waals surface area contributed by atoms with Crippen molar-refractivity contribution in [2.45, 2.75) is 12.6 Å². The number of anilines is 1. The van der Waals surface area contributed by atoms with E-state index < -0.39 is 0 Å². The molecule has 0 spiro atoms. The summed E-state index contributed by atoms with van der Waals surface area (Å²) in [5, 5.41) is 3.57. The molecule has 2 amide bonds. The zero-order valence-corrected chi connectivity index (χ0v) is 14.4. The largest absolute Gasteiger partial charge is 0.348 e. The first-order valence-corrected chi connectivity index (χ1v) is 8.63. The average molecular weight is 352 g/mol. The molecule has 4 rings (SSSR count). The van der Waals surface area contributed by atoms with Crippen molar-refractivity contribution in [1.29, 1.82) is 0 Å². The van der Waals surface area contributed by atoms with Gasteiger partial charge in [-0.1, -0.05) is 48.0 Å². The van der Waals surface area contributed by atoms with Crippen molar-refractivity contribution < 1.29 is 4.79 Å². The minimum atomic E-state index is -0.122. The number of nitrogens with zero attached hydrogens (tertiary/aromatic N) is 2. The second kappa shape index (κ2) is 6.65. The summed E-state index contributed by atoms with van der Waals surface area (Å²) < 4.78 is 2.21. The number of rotatable bonds is 2. The Kier molecular flexibility index (Phi) is 4.20. The van der Waals surface area contributed by atoms with Crippen LogP contribution in [0.25, 0.3) is 0 Å². The number of amides is 2. The summed E-state index contributed by atoms with van der Waals surface area (Å²) in [6.07, 6.45) is 2.07. The number of nitrogens with one attached hydrogen (secondary N) is 1. The molecular weight excluding hydrogens is 334 g/mol. The third kappa shape index (κ3) is 3.13. The second-order valence-corrected chi connectivity index (χ2v) is 6.51. The van der Waals surface area contributed by atoms with Crippen LogP contribution >= 0.6 is 11.6 Å². The highest BCUT2D eigenvalue weighted by Gasteiger charge is 2.32. The Morgan fingerprint density at radius 3 is 2.64 bits per heavy atom. The van der Waals surface area contributed by atoms with Gasteiger partial charge < -0.3 is 14.8 Å². The zero-order chi connectivity index (χ0) is 17.2. The molecule has 2 aromatic carbocycles. The zero-order valence-electron chi connectivity index (χ0n) is 13.6. The van der Waals surface area contributed by atoms with E-state index in [-0.39, 0.29) is 12.1 Å². The fraction of sp³-hybridized carbons (Fsp3) is 0.150. The van der Waals surface area contributed by atoms with Crippen LogP contribution in [0.5, 0.6) is 0 Å². The maximum absolute atomic E-state index is 13.0. The van der Waals surface area contributed by atoms with E-state index in [1.54, 1.807) is 12.1 Å². The summed E-state index contributed by atoms with van der Waals surface area (Å²) in [5.74, 6) is 0. The molecule has 1 aromatic heterocycles. The molecule has 126 valence electrons. The van der Waals surface area contributed by atoms with Crippen molar-refractivity contribution in [2.24, 2.45) is 0 Å². The number of hydrogen-bond acceptors (Lipinski definition) is 1. The Morgan fingerprint density at radius 2 is 1.84 bits per heavy atom. The summed E-state index contributed by atoms with van der Waals surface area (Å²) in [6, 6.07) is 21.2. The molecule has 1 aliphatic heterocycles. The van der Waals surface area contributed by atoms with E-state index in [2.05, 4.69) is 34.3 Å². The average Bonchev–Trinajstić information content (AvgIpc) is 3.10. The van der Waals surface area contributed by atoms with Crippen molar-refractivity contribution in [2.75, 3.05) is 11.9 Å². The summed E-state index contributed by atoms with van der Waals surface area (Å²) in [4.78, 5) is 14.8. The number of fused-ring (bicyclic) bond motifs is 1. The van der Waals surface area contributed by atoms with Crippen LogP contribution in [0.3, 0.4) is 0 Å². The Morgan fingerprint density at radius 1 is 1.00 bits per heavy atom. The summed E-state index contributed by atoms with van der Waals surface area (Å²) in [5.41, 5.74) is 2.92. The quantitative estimate of drug-likeness (QED) is 0.709. The molecule has 0 radical (unpaired) electrons. The van der Waals surface area contributed by atoms with E-state index in [4.69, 9.17) is 11.6 Å². The molecule has 1 aliphatic rings. The van der Waals surface area contributed by atoms with Gasteiger partial charge in [0.25, 0.3) is 0 Å². The van der Waals surface area contributed by atoms with Gasteiger partial charge in [-0.15, -0.1) is 0 Å². The van der Waals surface area contributed by atoms with Gasteiger partial charge in [0.1, 0.15) is 0 Å². The minimum absolute atomic E-state index is 0.107. The van der Waals surface area contributed by atoms with Crippen LogP contribution < -0.4 is 5.32 Å². The first kappa shape index (κ1) is 15.8. The summed E-state index contributed by atoms with van der Waals surface area (Å²) >= 11 is 6.02. The SMILES string of the molecule is O=C(Nc1cccc(Cl)c1)N1CCn2cccc2[C@@H]1c1ccccc1. The van der Waals surface area contributed by atoms with Gasteiger partial charge in [0.05, 0.1) is 6.04 Å². The lowest BCUT2D eigenvalue weighted by Crippen LogP contribution is -2.44. The standard InChI is InChI=1S/C20H18ClN3O/c21-16-8-4-9-17(14-16)22-20(25)24-13-12-23-11-5-10-18(23)19(24)15-6-2-1-3-7-15/h1-11,14,19H,12-13H2,(H,22,25)/t19-/m0/s1. The van der Waals surface area contributed by atoms with Gasteiger partial charge in [0.2, 0.25) is 0 Å². The summed E-state index contributed by atoms with van der Waals surface area (Å²) in [7, 11) is 0. The van der Waals surface area contributed by atoms with Crippen LogP contribution in [-0.2, 0) is 6.54 Å². The van der Waals surface area contributed by atoms with Crippen molar-refractivity contribution in [3.8, 4) is 0 Å². The van der Waals surface area contributed by atoms with E-state index in [9.17, 15) is 4.79 Å².